The van der Waals surface area contributed by atoms with E-state index in [0.717, 1.165) is 11.3 Å². The number of methoxy groups -OCH3 is 2. The van der Waals surface area contributed by atoms with Gasteiger partial charge >= 0.3 is 0 Å². The van der Waals surface area contributed by atoms with Gasteiger partial charge in [-0.05, 0) is 31.2 Å². The topological polar surface area (TPSA) is 54.9 Å². The van der Waals surface area contributed by atoms with Crippen LogP contribution in [-0.4, -0.2) is 26.2 Å². The number of nitrogens with zero attached hydrogens (tertiary/aromatic N) is 1. The van der Waals surface area contributed by atoms with Gasteiger partial charge in [-0.2, -0.15) is 0 Å². The molecule has 2 aromatic rings. The molecule has 0 aromatic heterocycles. The average Bonchev–Trinajstić information content (AvgIpc) is 2.56. The SMILES string of the molecule is COc1cc2c(cc1OC)C(Nc1ccc(Br)cc1F)=NC(C)N2. The number of benzene rings is 2. The number of amidine groups is 1. The highest BCUT2D eigenvalue weighted by atomic mass is 79.9. The molecule has 0 spiro atoms. The summed E-state index contributed by atoms with van der Waals surface area (Å²) in [6.07, 6.45) is -0.156. The maximum absolute atomic E-state index is 14.1. The monoisotopic (exact) mass is 393 g/mol. The molecule has 5 nitrogen and oxygen atoms in total. The lowest BCUT2D eigenvalue weighted by molar-refractivity contribution is 0.355. The van der Waals surface area contributed by atoms with Crippen molar-refractivity contribution in [3.63, 3.8) is 0 Å². The van der Waals surface area contributed by atoms with Gasteiger partial charge in [0.25, 0.3) is 0 Å². The van der Waals surface area contributed by atoms with Crippen LogP contribution < -0.4 is 20.1 Å². The molecule has 0 saturated heterocycles. The summed E-state index contributed by atoms with van der Waals surface area (Å²) in [6, 6.07) is 8.50. The van der Waals surface area contributed by atoms with Crippen molar-refractivity contribution in [1.82, 2.24) is 0 Å². The molecule has 3 rings (SSSR count). The third kappa shape index (κ3) is 3.17. The summed E-state index contributed by atoms with van der Waals surface area (Å²) in [4.78, 5) is 4.53. The zero-order chi connectivity index (χ0) is 17.3. The number of nitrogens with one attached hydrogen (secondary N) is 2. The number of fused-ring (bicyclic) bond motifs is 1. The molecular weight excluding hydrogens is 377 g/mol. The lowest BCUT2D eigenvalue weighted by Gasteiger charge is -2.25. The van der Waals surface area contributed by atoms with Gasteiger partial charge in [0.1, 0.15) is 17.8 Å². The minimum atomic E-state index is -0.361. The van der Waals surface area contributed by atoms with Crippen molar-refractivity contribution in [3.8, 4) is 11.5 Å². The van der Waals surface area contributed by atoms with E-state index in [2.05, 4.69) is 31.6 Å². The average molecular weight is 394 g/mol. The van der Waals surface area contributed by atoms with E-state index in [1.165, 1.54) is 6.07 Å². The second-order valence-corrected chi connectivity index (χ2v) is 6.22. The van der Waals surface area contributed by atoms with E-state index < -0.39 is 0 Å². The van der Waals surface area contributed by atoms with Crippen LogP contribution in [0.1, 0.15) is 12.5 Å². The van der Waals surface area contributed by atoms with Gasteiger partial charge in [-0.25, -0.2) is 9.38 Å². The maximum Gasteiger partial charge on any atom is 0.162 e. The van der Waals surface area contributed by atoms with Gasteiger partial charge in [-0.15, -0.1) is 0 Å². The summed E-state index contributed by atoms with van der Waals surface area (Å²) in [5.74, 6) is 1.41. The van der Waals surface area contributed by atoms with Gasteiger partial charge in [0.15, 0.2) is 11.5 Å². The van der Waals surface area contributed by atoms with E-state index in [1.807, 2.05) is 19.1 Å². The fraction of sp³-hybridized carbons (Fsp3) is 0.235. The molecule has 1 aliphatic rings. The molecule has 0 radical (unpaired) electrons. The van der Waals surface area contributed by atoms with E-state index in [0.29, 0.717) is 27.5 Å². The van der Waals surface area contributed by atoms with Gasteiger partial charge in [0.05, 0.1) is 25.6 Å². The lowest BCUT2D eigenvalue weighted by atomic mass is 10.1. The zero-order valence-electron chi connectivity index (χ0n) is 13.5. The Bertz CT molecular complexity index is 811. The molecule has 1 aliphatic heterocycles. The molecule has 0 fully saturated rings. The first-order chi connectivity index (χ1) is 11.5. The Hall–Kier alpha value is -2.28. The van der Waals surface area contributed by atoms with E-state index in [9.17, 15) is 4.39 Å². The van der Waals surface area contributed by atoms with Crippen LogP contribution in [0.2, 0.25) is 0 Å². The van der Waals surface area contributed by atoms with Crippen LogP contribution in [0, 0.1) is 5.82 Å². The Morgan fingerprint density at radius 3 is 2.54 bits per heavy atom. The highest BCUT2D eigenvalue weighted by Gasteiger charge is 2.22. The Kier molecular flexibility index (Phi) is 4.62. The van der Waals surface area contributed by atoms with E-state index in [4.69, 9.17) is 9.47 Å². The third-order valence-corrected chi connectivity index (χ3v) is 4.14. The maximum atomic E-state index is 14.1. The standard InChI is InChI=1S/C17H17BrFN3O2/c1-9-20-14-8-16(24-3)15(23-2)7-11(14)17(21-9)22-13-5-4-10(18)6-12(13)19/h4-9,20H,1-3H3,(H,21,22). The molecule has 126 valence electrons. The normalized spacial score (nSPS) is 15.9. The van der Waals surface area contributed by atoms with Crippen molar-refractivity contribution in [2.45, 2.75) is 13.1 Å². The third-order valence-electron chi connectivity index (χ3n) is 3.65. The fourth-order valence-electron chi connectivity index (χ4n) is 2.53. The summed E-state index contributed by atoms with van der Waals surface area (Å²) in [6.45, 7) is 1.92. The van der Waals surface area contributed by atoms with Gasteiger partial charge < -0.3 is 20.1 Å². The number of hydrogen-bond acceptors (Lipinski definition) is 5. The van der Waals surface area contributed by atoms with E-state index in [1.54, 1.807) is 26.4 Å². The highest BCUT2D eigenvalue weighted by molar-refractivity contribution is 9.10. The van der Waals surface area contributed by atoms with Crippen molar-refractivity contribution in [2.24, 2.45) is 4.99 Å². The molecule has 0 amide bonds. The van der Waals surface area contributed by atoms with Crippen LogP contribution in [0.5, 0.6) is 11.5 Å². The predicted molar refractivity (Wildman–Crippen MR) is 96.9 cm³/mol. The molecule has 1 unspecified atom stereocenters. The van der Waals surface area contributed by atoms with E-state index >= 15 is 0 Å². The minimum Gasteiger partial charge on any atom is -0.493 e. The fourth-order valence-corrected chi connectivity index (χ4v) is 2.87. The number of ether oxygens (including phenoxy) is 2. The lowest BCUT2D eigenvalue weighted by Crippen LogP contribution is -2.28. The van der Waals surface area contributed by atoms with Crippen molar-refractivity contribution >= 4 is 33.1 Å². The molecule has 7 heteroatoms. The molecule has 0 bridgehead atoms. The summed E-state index contributed by atoms with van der Waals surface area (Å²) in [5, 5.41) is 6.33. The first kappa shape index (κ1) is 16.6. The van der Waals surface area contributed by atoms with Gasteiger partial charge in [-0.1, -0.05) is 15.9 Å². The van der Waals surface area contributed by atoms with Gasteiger partial charge in [0.2, 0.25) is 0 Å². The molecule has 1 atom stereocenters. The second kappa shape index (κ2) is 6.68. The summed E-state index contributed by atoms with van der Waals surface area (Å²) in [5.41, 5.74) is 1.98. The number of anilines is 2. The van der Waals surface area contributed by atoms with Crippen molar-refractivity contribution < 1.29 is 13.9 Å². The zero-order valence-corrected chi connectivity index (χ0v) is 15.1. The molecule has 2 aromatic carbocycles. The van der Waals surface area contributed by atoms with Crippen LogP contribution in [0.15, 0.2) is 39.8 Å². The first-order valence-electron chi connectivity index (χ1n) is 7.34. The Balaban J connectivity index is 2.03. The predicted octanol–water partition coefficient (Wildman–Crippen LogP) is 4.24. The van der Waals surface area contributed by atoms with Crippen molar-refractivity contribution in [1.29, 1.82) is 0 Å². The van der Waals surface area contributed by atoms with Crippen LogP contribution in [0.3, 0.4) is 0 Å². The highest BCUT2D eigenvalue weighted by Crippen LogP contribution is 2.36. The quantitative estimate of drug-likeness (QED) is 0.818. The summed E-state index contributed by atoms with van der Waals surface area (Å²) >= 11 is 3.25. The molecule has 0 saturated carbocycles. The second-order valence-electron chi connectivity index (χ2n) is 5.30. The molecule has 2 N–H and O–H groups in total. The summed E-state index contributed by atoms with van der Waals surface area (Å²) in [7, 11) is 3.16. The minimum absolute atomic E-state index is 0.156. The van der Waals surface area contributed by atoms with Crippen LogP contribution in [0.4, 0.5) is 15.8 Å². The first-order valence-corrected chi connectivity index (χ1v) is 8.14. The number of aliphatic imine (C=N–C) groups is 1. The Morgan fingerprint density at radius 2 is 1.88 bits per heavy atom. The van der Waals surface area contributed by atoms with Crippen molar-refractivity contribution in [2.75, 3.05) is 24.9 Å². The molecule has 0 aliphatic carbocycles. The van der Waals surface area contributed by atoms with Crippen LogP contribution in [0.25, 0.3) is 0 Å². The van der Waals surface area contributed by atoms with E-state index in [-0.39, 0.29) is 12.0 Å². The number of halogens is 2. The van der Waals surface area contributed by atoms with Gasteiger partial charge in [-0.3, -0.25) is 0 Å². The van der Waals surface area contributed by atoms with Crippen molar-refractivity contribution in [3.05, 3.63) is 46.2 Å². The van der Waals surface area contributed by atoms with Gasteiger partial charge in [0, 0.05) is 16.1 Å². The molecule has 24 heavy (non-hydrogen) atoms. The number of rotatable bonds is 3. The molecular formula is C17H17BrFN3O2. The smallest absolute Gasteiger partial charge is 0.162 e. The van der Waals surface area contributed by atoms with Crippen LogP contribution >= 0.6 is 15.9 Å². The largest absolute Gasteiger partial charge is 0.493 e. The van der Waals surface area contributed by atoms with Crippen LogP contribution in [-0.2, 0) is 0 Å². The summed E-state index contributed by atoms with van der Waals surface area (Å²) < 4.78 is 25.5. The Morgan fingerprint density at radius 1 is 1.17 bits per heavy atom. The number of hydrogen-bond donors (Lipinski definition) is 2. The Labute approximate surface area is 148 Å². The molecule has 1 heterocycles.